The third-order valence-electron chi connectivity index (χ3n) is 2.87. The smallest absolute Gasteiger partial charge is 0.269 e. The fraction of sp³-hybridized carbons (Fsp3) is 0.385. The Morgan fingerprint density at radius 1 is 1.57 bits per heavy atom. The van der Waals surface area contributed by atoms with Crippen molar-refractivity contribution in [3.8, 4) is 12.3 Å². The standard InChI is InChI=1S/C12H12N2O2.CH4O3S/c1-2-7-13-12-6-4-9-3-5-10(14(15)16)8-11(9)12;1-5(2,3)4/h1,3,5,8,12-13H,4,6-7H2;1H3,(H,2,3,4). The number of nitro benzene ring substituents is 1. The molecule has 0 bridgehead atoms. The average Bonchev–Trinajstić information content (AvgIpc) is 2.76. The van der Waals surface area contributed by atoms with E-state index in [1.807, 2.05) is 6.07 Å². The Labute approximate surface area is 123 Å². The van der Waals surface area contributed by atoms with Gasteiger partial charge in [0.25, 0.3) is 15.8 Å². The third-order valence-corrected chi connectivity index (χ3v) is 2.87. The van der Waals surface area contributed by atoms with Gasteiger partial charge in [-0.15, -0.1) is 6.42 Å². The lowest BCUT2D eigenvalue weighted by atomic mass is 10.1. The molecule has 1 unspecified atom stereocenters. The Morgan fingerprint density at radius 2 is 2.19 bits per heavy atom. The van der Waals surface area contributed by atoms with Crippen LogP contribution in [0.15, 0.2) is 18.2 Å². The molecule has 2 rings (SSSR count). The number of nitrogens with one attached hydrogen (secondary N) is 1. The molecule has 0 radical (unpaired) electrons. The second-order valence-electron chi connectivity index (χ2n) is 4.55. The SMILES string of the molecule is C#CCNC1CCc2ccc([N+](=O)[O-])cc21.CS(=O)(=O)O. The maximum atomic E-state index is 10.7. The number of terminal acetylenes is 1. The minimum atomic E-state index is -3.67. The van der Waals surface area contributed by atoms with E-state index in [9.17, 15) is 18.5 Å². The minimum absolute atomic E-state index is 0.146. The molecule has 0 aliphatic heterocycles. The summed E-state index contributed by atoms with van der Waals surface area (Å²) in [6, 6.07) is 5.20. The topological polar surface area (TPSA) is 110 Å². The van der Waals surface area contributed by atoms with Gasteiger partial charge in [-0.1, -0.05) is 12.0 Å². The van der Waals surface area contributed by atoms with Crippen LogP contribution < -0.4 is 5.32 Å². The maximum absolute atomic E-state index is 10.7. The lowest BCUT2D eigenvalue weighted by Crippen LogP contribution is -2.19. The van der Waals surface area contributed by atoms with Crippen LogP contribution in [0.4, 0.5) is 5.69 Å². The van der Waals surface area contributed by atoms with Crippen molar-refractivity contribution in [3.05, 3.63) is 39.4 Å². The molecule has 0 aromatic heterocycles. The molecule has 0 spiro atoms. The lowest BCUT2D eigenvalue weighted by Gasteiger charge is -2.11. The van der Waals surface area contributed by atoms with E-state index >= 15 is 0 Å². The van der Waals surface area contributed by atoms with E-state index in [2.05, 4.69) is 11.2 Å². The van der Waals surface area contributed by atoms with Crippen LogP contribution in [0, 0.1) is 22.5 Å². The number of hydrogen-bond acceptors (Lipinski definition) is 5. The minimum Gasteiger partial charge on any atom is -0.299 e. The van der Waals surface area contributed by atoms with Gasteiger partial charge < -0.3 is 0 Å². The van der Waals surface area contributed by atoms with Crippen LogP contribution in [0.5, 0.6) is 0 Å². The van der Waals surface area contributed by atoms with E-state index in [1.54, 1.807) is 12.1 Å². The van der Waals surface area contributed by atoms with E-state index < -0.39 is 10.1 Å². The van der Waals surface area contributed by atoms with Gasteiger partial charge in [-0.25, -0.2) is 0 Å². The molecule has 0 fully saturated rings. The predicted molar refractivity (Wildman–Crippen MR) is 78.5 cm³/mol. The molecule has 8 heteroatoms. The Bertz CT molecular complexity index is 656. The lowest BCUT2D eigenvalue weighted by molar-refractivity contribution is -0.384. The van der Waals surface area contributed by atoms with Crippen molar-refractivity contribution in [2.75, 3.05) is 12.8 Å². The number of rotatable bonds is 3. The molecule has 0 saturated carbocycles. The van der Waals surface area contributed by atoms with Crippen LogP contribution in [0.1, 0.15) is 23.6 Å². The van der Waals surface area contributed by atoms with E-state index in [0.717, 1.165) is 18.4 Å². The Morgan fingerprint density at radius 3 is 2.71 bits per heavy atom. The second-order valence-corrected chi connectivity index (χ2v) is 6.02. The van der Waals surface area contributed by atoms with Crippen LogP contribution >= 0.6 is 0 Å². The number of fused-ring (bicyclic) bond motifs is 1. The fourth-order valence-electron chi connectivity index (χ4n) is 2.10. The Hall–Kier alpha value is -1.95. The molecule has 1 aliphatic rings. The summed E-state index contributed by atoms with van der Waals surface area (Å²) in [5, 5.41) is 13.9. The summed E-state index contributed by atoms with van der Waals surface area (Å²) in [7, 11) is -3.67. The number of aryl methyl sites for hydroxylation is 1. The van der Waals surface area contributed by atoms with Crippen molar-refractivity contribution in [2.24, 2.45) is 0 Å². The first-order chi connectivity index (χ1) is 9.72. The summed E-state index contributed by atoms with van der Waals surface area (Å²) in [4.78, 5) is 10.3. The van der Waals surface area contributed by atoms with Crippen LogP contribution in [0.3, 0.4) is 0 Å². The molecule has 1 atom stereocenters. The summed E-state index contributed by atoms with van der Waals surface area (Å²) < 4.78 is 25.9. The molecule has 2 N–H and O–H groups in total. The van der Waals surface area contributed by atoms with Gasteiger partial charge in [-0.2, -0.15) is 8.42 Å². The largest absolute Gasteiger partial charge is 0.299 e. The van der Waals surface area contributed by atoms with Crippen molar-refractivity contribution in [2.45, 2.75) is 18.9 Å². The van der Waals surface area contributed by atoms with Crippen molar-refractivity contribution in [3.63, 3.8) is 0 Å². The average molecular weight is 312 g/mol. The predicted octanol–water partition coefficient (Wildman–Crippen LogP) is 1.31. The van der Waals surface area contributed by atoms with Gasteiger partial charge >= 0.3 is 0 Å². The van der Waals surface area contributed by atoms with Crippen molar-refractivity contribution in [1.82, 2.24) is 5.32 Å². The van der Waals surface area contributed by atoms with Gasteiger partial charge in [0.2, 0.25) is 0 Å². The molecule has 0 heterocycles. The Balaban J connectivity index is 0.000000383. The van der Waals surface area contributed by atoms with E-state index in [4.69, 9.17) is 11.0 Å². The first kappa shape index (κ1) is 17.1. The zero-order valence-electron chi connectivity index (χ0n) is 11.4. The third kappa shape index (κ3) is 5.91. The van der Waals surface area contributed by atoms with Crippen LogP contribution in [0.25, 0.3) is 0 Å². The highest BCUT2D eigenvalue weighted by Crippen LogP contribution is 2.33. The molecule has 7 nitrogen and oxygen atoms in total. The summed E-state index contributed by atoms with van der Waals surface area (Å²) in [5.41, 5.74) is 2.35. The number of hydrogen-bond donors (Lipinski definition) is 2. The summed E-state index contributed by atoms with van der Waals surface area (Å²) in [6.45, 7) is 0.493. The molecule has 1 aromatic rings. The molecule has 0 saturated heterocycles. The van der Waals surface area contributed by atoms with Crippen LogP contribution in [-0.4, -0.2) is 30.7 Å². The van der Waals surface area contributed by atoms with Gasteiger partial charge in [-0.3, -0.25) is 20.0 Å². The highest BCUT2D eigenvalue weighted by molar-refractivity contribution is 7.85. The number of nitrogens with zero attached hydrogens (tertiary/aromatic N) is 1. The monoisotopic (exact) mass is 312 g/mol. The number of benzene rings is 1. The summed E-state index contributed by atoms with van der Waals surface area (Å²) in [5.74, 6) is 2.52. The summed E-state index contributed by atoms with van der Waals surface area (Å²) in [6.07, 6.45) is 7.81. The van der Waals surface area contributed by atoms with Crippen molar-refractivity contribution < 1.29 is 17.9 Å². The molecule has 0 amide bonds. The molecule has 1 aromatic carbocycles. The van der Waals surface area contributed by atoms with Gasteiger partial charge in [0, 0.05) is 18.2 Å². The highest BCUT2D eigenvalue weighted by Gasteiger charge is 2.23. The van der Waals surface area contributed by atoms with Gasteiger partial charge in [0.05, 0.1) is 17.7 Å². The van der Waals surface area contributed by atoms with Crippen molar-refractivity contribution >= 4 is 15.8 Å². The van der Waals surface area contributed by atoms with Crippen LogP contribution in [-0.2, 0) is 16.5 Å². The number of non-ortho nitro benzene ring substituents is 1. The molecule has 114 valence electrons. The van der Waals surface area contributed by atoms with Gasteiger partial charge in [0.15, 0.2) is 0 Å². The van der Waals surface area contributed by atoms with E-state index in [1.165, 1.54) is 5.56 Å². The Kier molecular flexibility index (Phi) is 5.84. The number of nitro groups is 1. The highest BCUT2D eigenvalue weighted by atomic mass is 32.2. The molecular formula is C13H16N2O5S. The molecular weight excluding hydrogens is 296 g/mol. The van der Waals surface area contributed by atoms with E-state index in [-0.39, 0.29) is 16.7 Å². The van der Waals surface area contributed by atoms with E-state index in [0.29, 0.717) is 12.8 Å². The van der Waals surface area contributed by atoms with Crippen LogP contribution in [0.2, 0.25) is 0 Å². The first-order valence-corrected chi connectivity index (χ1v) is 7.93. The van der Waals surface area contributed by atoms with Crippen molar-refractivity contribution in [1.29, 1.82) is 0 Å². The zero-order chi connectivity index (χ0) is 16.0. The fourth-order valence-corrected chi connectivity index (χ4v) is 2.10. The maximum Gasteiger partial charge on any atom is 0.269 e. The normalized spacial score (nSPS) is 16.3. The second kappa shape index (κ2) is 7.17. The summed E-state index contributed by atoms with van der Waals surface area (Å²) >= 11 is 0. The quantitative estimate of drug-likeness (QED) is 0.377. The van der Waals surface area contributed by atoms with Gasteiger partial charge in [0.1, 0.15) is 0 Å². The molecule has 21 heavy (non-hydrogen) atoms. The molecule has 1 aliphatic carbocycles. The zero-order valence-corrected chi connectivity index (χ0v) is 12.3. The van der Waals surface area contributed by atoms with Gasteiger partial charge in [-0.05, 0) is 24.0 Å². The first-order valence-electron chi connectivity index (χ1n) is 6.09.